The van der Waals surface area contributed by atoms with E-state index in [0.717, 1.165) is 19.6 Å². The number of rotatable bonds is 6. The van der Waals surface area contributed by atoms with Gasteiger partial charge in [-0.1, -0.05) is 67.1 Å². The molecular weight excluding hydrogens is 268 g/mol. The third-order valence-electron chi connectivity index (χ3n) is 4.39. The van der Waals surface area contributed by atoms with Crippen LogP contribution in [0, 0.1) is 0 Å². The molecule has 2 aromatic rings. The lowest BCUT2D eigenvalue weighted by Gasteiger charge is -2.30. The van der Waals surface area contributed by atoms with Crippen LogP contribution in [-0.4, -0.2) is 24.0 Å². The van der Waals surface area contributed by atoms with Crippen molar-refractivity contribution in [2.75, 3.05) is 13.1 Å². The SMILES string of the molecule is c1ccc(CN(Cc2ccccc2)C[C@@H]2CCCCN2)cc1. The predicted molar refractivity (Wildman–Crippen MR) is 92.6 cm³/mol. The first-order valence-corrected chi connectivity index (χ1v) is 8.44. The van der Waals surface area contributed by atoms with Crippen molar-refractivity contribution in [3.8, 4) is 0 Å². The number of hydrogen-bond donors (Lipinski definition) is 1. The first kappa shape index (κ1) is 15.3. The second-order valence-corrected chi connectivity index (χ2v) is 6.29. The van der Waals surface area contributed by atoms with Crippen LogP contribution in [0.1, 0.15) is 30.4 Å². The Morgan fingerprint density at radius 1 is 0.818 bits per heavy atom. The summed E-state index contributed by atoms with van der Waals surface area (Å²) in [6, 6.07) is 22.3. The first-order valence-electron chi connectivity index (χ1n) is 8.44. The van der Waals surface area contributed by atoms with Gasteiger partial charge < -0.3 is 5.32 Å². The van der Waals surface area contributed by atoms with Crippen LogP contribution in [0.3, 0.4) is 0 Å². The number of piperidine rings is 1. The van der Waals surface area contributed by atoms with E-state index in [1.165, 1.54) is 36.9 Å². The van der Waals surface area contributed by atoms with Gasteiger partial charge in [0.2, 0.25) is 0 Å². The molecule has 0 spiro atoms. The first-order chi connectivity index (χ1) is 10.9. The molecule has 1 saturated heterocycles. The third kappa shape index (κ3) is 4.69. The van der Waals surface area contributed by atoms with E-state index in [0.29, 0.717) is 6.04 Å². The summed E-state index contributed by atoms with van der Waals surface area (Å²) in [4.78, 5) is 2.58. The van der Waals surface area contributed by atoms with E-state index < -0.39 is 0 Å². The van der Waals surface area contributed by atoms with Gasteiger partial charge in [0.25, 0.3) is 0 Å². The number of nitrogens with one attached hydrogen (secondary N) is 1. The maximum absolute atomic E-state index is 3.68. The maximum Gasteiger partial charge on any atom is 0.0237 e. The molecule has 0 unspecified atom stereocenters. The average Bonchev–Trinajstić information content (AvgIpc) is 2.57. The highest BCUT2D eigenvalue weighted by molar-refractivity contribution is 5.17. The summed E-state index contributed by atoms with van der Waals surface area (Å²) in [6.07, 6.45) is 4.00. The zero-order chi connectivity index (χ0) is 15.0. The molecule has 2 nitrogen and oxygen atoms in total. The molecule has 1 atom stereocenters. The molecule has 22 heavy (non-hydrogen) atoms. The van der Waals surface area contributed by atoms with Gasteiger partial charge in [-0.05, 0) is 30.5 Å². The van der Waals surface area contributed by atoms with Gasteiger partial charge in [-0.2, -0.15) is 0 Å². The summed E-state index contributed by atoms with van der Waals surface area (Å²) in [7, 11) is 0. The molecule has 1 aliphatic heterocycles. The van der Waals surface area contributed by atoms with Crippen LogP contribution in [0.2, 0.25) is 0 Å². The van der Waals surface area contributed by atoms with Crippen molar-refractivity contribution in [1.29, 1.82) is 0 Å². The summed E-state index contributed by atoms with van der Waals surface area (Å²) in [5.41, 5.74) is 2.79. The summed E-state index contributed by atoms with van der Waals surface area (Å²) < 4.78 is 0. The molecule has 2 aromatic carbocycles. The zero-order valence-electron chi connectivity index (χ0n) is 13.2. The van der Waals surface area contributed by atoms with Crippen LogP contribution in [0.25, 0.3) is 0 Å². The van der Waals surface area contributed by atoms with E-state index in [-0.39, 0.29) is 0 Å². The topological polar surface area (TPSA) is 15.3 Å². The molecule has 1 aliphatic rings. The summed E-state index contributed by atoms with van der Waals surface area (Å²) in [5, 5.41) is 3.68. The van der Waals surface area contributed by atoms with Crippen molar-refractivity contribution in [3.05, 3.63) is 71.8 Å². The van der Waals surface area contributed by atoms with Gasteiger partial charge in [0.05, 0.1) is 0 Å². The lowest BCUT2D eigenvalue weighted by molar-refractivity contribution is 0.209. The van der Waals surface area contributed by atoms with Gasteiger partial charge in [0, 0.05) is 25.7 Å². The third-order valence-corrected chi connectivity index (χ3v) is 4.39. The van der Waals surface area contributed by atoms with Crippen molar-refractivity contribution in [1.82, 2.24) is 10.2 Å². The average molecular weight is 294 g/mol. The number of benzene rings is 2. The summed E-state index contributed by atoms with van der Waals surface area (Å²) in [5.74, 6) is 0. The molecule has 0 bridgehead atoms. The van der Waals surface area contributed by atoms with E-state index in [1.807, 2.05) is 0 Å². The minimum Gasteiger partial charge on any atom is -0.313 e. The second-order valence-electron chi connectivity index (χ2n) is 6.29. The van der Waals surface area contributed by atoms with Crippen molar-refractivity contribution in [2.24, 2.45) is 0 Å². The molecule has 2 heteroatoms. The summed E-state index contributed by atoms with van der Waals surface area (Å²) in [6.45, 7) is 4.35. The van der Waals surface area contributed by atoms with Gasteiger partial charge >= 0.3 is 0 Å². The quantitative estimate of drug-likeness (QED) is 0.871. The van der Waals surface area contributed by atoms with Crippen LogP contribution >= 0.6 is 0 Å². The fourth-order valence-corrected chi connectivity index (χ4v) is 3.26. The minimum atomic E-state index is 0.640. The highest BCUT2D eigenvalue weighted by atomic mass is 15.1. The van der Waals surface area contributed by atoms with Gasteiger partial charge in [-0.25, -0.2) is 0 Å². The zero-order valence-corrected chi connectivity index (χ0v) is 13.2. The van der Waals surface area contributed by atoms with Crippen molar-refractivity contribution in [3.63, 3.8) is 0 Å². The normalized spacial score (nSPS) is 18.5. The van der Waals surface area contributed by atoms with E-state index in [4.69, 9.17) is 0 Å². The number of nitrogens with zero attached hydrogens (tertiary/aromatic N) is 1. The van der Waals surface area contributed by atoms with Crippen molar-refractivity contribution in [2.45, 2.75) is 38.4 Å². The Morgan fingerprint density at radius 3 is 1.91 bits per heavy atom. The van der Waals surface area contributed by atoms with E-state index in [2.05, 4.69) is 70.9 Å². The molecule has 1 fully saturated rings. The minimum absolute atomic E-state index is 0.640. The van der Waals surface area contributed by atoms with Crippen LogP contribution in [0.5, 0.6) is 0 Å². The highest BCUT2D eigenvalue weighted by Crippen LogP contribution is 2.14. The molecule has 0 saturated carbocycles. The fourth-order valence-electron chi connectivity index (χ4n) is 3.26. The summed E-state index contributed by atoms with van der Waals surface area (Å²) >= 11 is 0. The van der Waals surface area contributed by atoms with Crippen LogP contribution in [0.4, 0.5) is 0 Å². The fraction of sp³-hybridized carbons (Fsp3) is 0.400. The Bertz CT molecular complexity index is 491. The van der Waals surface area contributed by atoms with E-state index >= 15 is 0 Å². The van der Waals surface area contributed by atoms with Gasteiger partial charge in [-0.3, -0.25) is 4.90 Å². The van der Waals surface area contributed by atoms with Crippen LogP contribution in [-0.2, 0) is 13.1 Å². The van der Waals surface area contributed by atoms with Gasteiger partial charge in [0.15, 0.2) is 0 Å². The Labute approximate surface area is 134 Å². The second kappa shape index (κ2) is 8.11. The van der Waals surface area contributed by atoms with Crippen LogP contribution < -0.4 is 5.32 Å². The maximum atomic E-state index is 3.68. The Balaban J connectivity index is 1.66. The van der Waals surface area contributed by atoms with E-state index in [9.17, 15) is 0 Å². The number of hydrogen-bond acceptors (Lipinski definition) is 2. The smallest absolute Gasteiger partial charge is 0.0237 e. The molecule has 1 heterocycles. The standard InChI is InChI=1S/C20H26N2/c1-3-9-18(10-4-1)15-22(16-19-11-5-2-6-12-19)17-20-13-7-8-14-21-20/h1-6,9-12,20-21H,7-8,13-17H2/t20-/m0/s1. The Morgan fingerprint density at radius 2 is 1.41 bits per heavy atom. The largest absolute Gasteiger partial charge is 0.313 e. The Kier molecular flexibility index (Phi) is 5.63. The molecule has 0 aromatic heterocycles. The lowest BCUT2D eigenvalue weighted by atomic mass is 10.0. The van der Waals surface area contributed by atoms with Crippen molar-refractivity contribution < 1.29 is 0 Å². The molecule has 116 valence electrons. The molecule has 3 rings (SSSR count). The highest BCUT2D eigenvalue weighted by Gasteiger charge is 2.17. The monoisotopic (exact) mass is 294 g/mol. The molecule has 0 aliphatic carbocycles. The predicted octanol–water partition coefficient (Wildman–Crippen LogP) is 3.83. The molecular formula is C20H26N2. The lowest BCUT2D eigenvalue weighted by Crippen LogP contribution is -2.43. The molecule has 0 amide bonds. The van der Waals surface area contributed by atoms with Gasteiger partial charge in [0.1, 0.15) is 0 Å². The molecule has 0 radical (unpaired) electrons. The van der Waals surface area contributed by atoms with E-state index in [1.54, 1.807) is 0 Å². The van der Waals surface area contributed by atoms with Crippen LogP contribution in [0.15, 0.2) is 60.7 Å². The van der Waals surface area contributed by atoms with Gasteiger partial charge in [-0.15, -0.1) is 0 Å². The Hall–Kier alpha value is -1.64. The molecule has 1 N–H and O–H groups in total. The van der Waals surface area contributed by atoms with Crippen molar-refractivity contribution >= 4 is 0 Å².